The van der Waals surface area contributed by atoms with Gasteiger partial charge in [0, 0.05) is 25.4 Å². The van der Waals surface area contributed by atoms with E-state index < -0.39 is 0 Å². The largest absolute Gasteiger partial charge is 0.293 e. The summed E-state index contributed by atoms with van der Waals surface area (Å²) in [5.41, 5.74) is 2.08. The van der Waals surface area contributed by atoms with E-state index in [1.807, 2.05) is 47.4 Å². The van der Waals surface area contributed by atoms with Crippen molar-refractivity contribution in [3.05, 3.63) is 66.0 Å². The molecule has 0 aliphatic carbocycles. The first-order valence-electron chi connectivity index (χ1n) is 8.30. The van der Waals surface area contributed by atoms with Gasteiger partial charge in [-0.15, -0.1) is 5.10 Å². The van der Waals surface area contributed by atoms with Gasteiger partial charge in [-0.05, 0) is 23.5 Å². The Labute approximate surface area is 145 Å². The highest BCUT2D eigenvalue weighted by atomic mass is 16.1. The molecule has 2 aromatic heterocycles. The van der Waals surface area contributed by atoms with Crippen LogP contribution in [0.2, 0.25) is 0 Å². The Morgan fingerprint density at radius 2 is 2.00 bits per heavy atom. The van der Waals surface area contributed by atoms with Crippen molar-refractivity contribution in [2.24, 2.45) is 0 Å². The van der Waals surface area contributed by atoms with Crippen molar-refractivity contribution >= 4 is 11.9 Å². The second-order valence-corrected chi connectivity index (χ2v) is 6.15. The second kappa shape index (κ2) is 6.80. The first kappa shape index (κ1) is 15.4. The van der Waals surface area contributed by atoms with E-state index in [0.717, 1.165) is 36.3 Å². The summed E-state index contributed by atoms with van der Waals surface area (Å²) in [6.45, 7) is 0.774. The molecule has 1 aromatic carbocycles. The molecule has 0 spiro atoms. The molecule has 3 heterocycles. The number of amides is 1. The Balaban J connectivity index is 1.43. The van der Waals surface area contributed by atoms with Gasteiger partial charge in [-0.25, -0.2) is 14.6 Å². The van der Waals surface area contributed by atoms with Crippen molar-refractivity contribution in [2.45, 2.75) is 31.7 Å². The highest BCUT2D eigenvalue weighted by Crippen LogP contribution is 2.28. The van der Waals surface area contributed by atoms with Crippen molar-refractivity contribution in [1.29, 1.82) is 0 Å². The van der Waals surface area contributed by atoms with Crippen LogP contribution in [0.15, 0.2) is 49.1 Å². The first-order chi connectivity index (χ1) is 12.3. The van der Waals surface area contributed by atoms with Gasteiger partial charge < -0.3 is 0 Å². The third-order valence-electron chi connectivity index (χ3n) is 4.38. The van der Waals surface area contributed by atoms with Crippen LogP contribution in [0.3, 0.4) is 0 Å². The highest BCUT2D eigenvalue weighted by molar-refractivity contribution is 5.90. The van der Waals surface area contributed by atoms with E-state index in [2.05, 4.69) is 25.4 Å². The van der Waals surface area contributed by atoms with Gasteiger partial charge in [0.1, 0.15) is 12.2 Å². The maximum atomic E-state index is 12.2. The van der Waals surface area contributed by atoms with Crippen LogP contribution >= 0.6 is 0 Å². The molecule has 25 heavy (non-hydrogen) atoms. The molecule has 1 aliphatic heterocycles. The molecule has 126 valence electrons. The van der Waals surface area contributed by atoms with Crippen LogP contribution in [0.4, 0.5) is 5.95 Å². The molecule has 0 saturated heterocycles. The van der Waals surface area contributed by atoms with Crippen LogP contribution < -0.4 is 5.32 Å². The molecule has 4 rings (SSSR count). The lowest BCUT2D eigenvalue weighted by molar-refractivity contribution is -0.115. The molecule has 1 atom stereocenters. The van der Waals surface area contributed by atoms with E-state index in [4.69, 9.17) is 0 Å². The molecule has 0 fully saturated rings. The van der Waals surface area contributed by atoms with E-state index in [1.165, 1.54) is 6.33 Å². The fourth-order valence-corrected chi connectivity index (χ4v) is 3.11. The van der Waals surface area contributed by atoms with E-state index >= 15 is 0 Å². The number of carbonyl (C=O) groups is 1. The minimum Gasteiger partial charge on any atom is -0.293 e. The molecule has 1 amide bonds. The summed E-state index contributed by atoms with van der Waals surface area (Å²) in [4.78, 5) is 24.8. The fourth-order valence-electron chi connectivity index (χ4n) is 3.11. The molecule has 1 aliphatic rings. The number of nitrogens with one attached hydrogen (secondary N) is 1. The lowest BCUT2D eigenvalue weighted by Crippen LogP contribution is -2.19. The summed E-state index contributed by atoms with van der Waals surface area (Å²) < 4.78 is 1.87. The van der Waals surface area contributed by atoms with Crippen molar-refractivity contribution in [3.8, 4) is 0 Å². The zero-order valence-electron chi connectivity index (χ0n) is 13.7. The summed E-state index contributed by atoms with van der Waals surface area (Å²) in [5, 5.41) is 7.20. The van der Waals surface area contributed by atoms with Gasteiger partial charge in [-0.3, -0.25) is 10.1 Å². The molecule has 1 unspecified atom stereocenters. The van der Waals surface area contributed by atoms with Gasteiger partial charge in [0.25, 0.3) is 0 Å². The van der Waals surface area contributed by atoms with Crippen molar-refractivity contribution in [2.75, 3.05) is 5.32 Å². The maximum absolute atomic E-state index is 12.2. The topological polar surface area (TPSA) is 85.6 Å². The molecule has 7 heteroatoms. The monoisotopic (exact) mass is 334 g/mol. The fraction of sp³-hybridized carbons (Fsp3) is 0.278. The number of rotatable bonds is 4. The van der Waals surface area contributed by atoms with Crippen LogP contribution in [0.1, 0.15) is 29.3 Å². The van der Waals surface area contributed by atoms with Crippen LogP contribution in [-0.2, 0) is 24.2 Å². The normalized spacial score (nSPS) is 16.2. The van der Waals surface area contributed by atoms with Gasteiger partial charge in [0.05, 0.1) is 6.42 Å². The van der Waals surface area contributed by atoms with Gasteiger partial charge >= 0.3 is 0 Å². The van der Waals surface area contributed by atoms with Crippen LogP contribution in [0.25, 0.3) is 0 Å². The minimum atomic E-state index is -0.109. The van der Waals surface area contributed by atoms with Crippen molar-refractivity contribution in [1.82, 2.24) is 24.7 Å². The number of nitrogens with zero attached hydrogens (tertiary/aromatic N) is 5. The van der Waals surface area contributed by atoms with E-state index in [0.29, 0.717) is 18.3 Å². The first-order valence-corrected chi connectivity index (χ1v) is 8.30. The molecule has 0 radical (unpaired) electrons. The van der Waals surface area contributed by atoms with Crippen molar-refractivity contribution < 1.29 is 4.79 Å². The van der Waals surface area contributed by atoms with E-state index in [1.54, 1.807) is 0 Å². The second-order valence-electron chi connectivity index (χ2n) is 6.15. The number of aryl methyl sites for hydroxylation is 1. The van der Waals surface area contributed by atoms with Crippen molar-refractivity contribution in [3.63, 3.8) is 0 Å². The van der Waals surface area contributed by atoms with Gasteiger partial charge in [0.2, 0.25) is 11.9 Å². The molecule has 0 saturated carbocycles. The third kappa shape index (κ3) is 3.55. The lowest BCUT2D eigenvalue weighted by Gasteiger charge is -2.21. The molecule has 1 N–H and O–H groups in total. The van der Waals surface area contributed by atoms with E-state index in [9.17, 15) is 4.79 Å². The average Bonchev–Trinajstić information content (AvgIpc) is 3.04. The average molecular weight is 334 g/mol. The smallest absolute Gasteiger partial charge is 0.248 e. The zero-order valence-corrected chi connectivity index (χ0v) is 13.7. The van der Waals surface area contributed by atoms with Gasteiger partial charge in [-0.1, -0.05) is 30.3 Å². The number of hydrogen-bond donors (Lipinski definition) is 1. The van der Waals surface area contributed by atoms with Gasteiger partial charge in [-0.2, -0.15) is 4.98 Å². The number of benzene rings is 1. The lowest BCUT2D eigenvalue weighted by atomic mass is 9.92. The Morgan fingerprint density at radius 1 is 1.20 bits per heavy atom. The zero-order chi connectivity index (χ0) is 17.1. The molecular formula is C18H18N6O. The SMILES string of the molecule is O=C(Cc1ccccc1)Nc1nc2n(n1)CCC(c1cncnc1)C2. The predicted octanol–water partition coefficient (Wildman–Crippen LogP) is 1.98. The third-order valence-corrected chi connectivity index (χ3v) is 4.38. The molecule has 3 aromatic rings. The summed E-state index contributed by atoms with van der Waals surface area (Å²) in [6, 6.07) is 9.63. The summed E-state index contributed by atoms with van der Waals surface area (Å²) in [6.07, 6.45) is 7.29. The predicted molar refractivity (Wildman–Crippen MR) is 91.9 cm³/mol. The molecule has 0 bridgehead atoms. The minimum absolute atomic E-state index is 0.109. The quantitative estimate of drug-likeness (QED) is 0.788. The van der Waals surface area contributed by atoms with Crippen LogP contribution in [0.5, 0.6) is 0 Å². The summed E-state index contributed by atoms with van der Waals surface area (Å²) in [7, 11) is 0. The maximum Gasteiger partial charge on any atom is 0.248 e. The number of fused-ring (bicyclic) bond motifs is 1. The Morgan fingerprint density at radius 3 is 2.80 bits per heavy atom. The number of anilines is 1. The summed E-state index contributed by atoms with van der Waals surface area (Å²) >= 11 is 0. The Kier molecular flexibility index (Phi) is 4.20. The molecule has 7 nitrogen and oxygen atoms in total. The Hall–Kier alpha value is -3.09. The highest BCUT2D eigenvalue weighted by Gasteiger charge is 2.24. The number of carbonyl (C=O) groups excluding carboxylic acids is 1. The van der Waals surface area contributed by atoms with Gasteiger partial charge in [0.15, 0.2) is 0 Å². The standard InChI is InChI=1S/C18H18N6O/c25-17(8-13-4-2-1-3-5-13)22-18-21-16-9-14(6-7-24(16)23-18)15-10-19-12-20-11-15/h1-5,10-12,14H,6-9H2,(H,22,23,25). The van der Waals surface area contributed by atoms with Crippen LogP contribution in [0, 0.1) is 0 Å². The Bertz CT molecular complexity index is 862. The summed E-state index contributed by atoms with van der Waals surface area (Å²) in [5.74, 6) is 1.49. The number of aromatic nitrogens is 5. The van der Waals surface area contributed by atoms with Crippen LogP contribution in [-0.4, -0.2) is 30.6 Å². The number of hydrogen-bond acceptors (Lipinski definition) is 5. The molecular weight excluding hydrogens is 316 g/mol. The van der Waals surface area contributed by atoms with E-state index in [-0.39, 0.29) is 5.91 Å².